The van der Waals surface area contributed by atoms with Gasteiger partial charge in [0.2, 0.25) is 0 Å². The number of hydrogen-bond acceptors (Lipinski definition) is 1. The minimum absolute atomic E-state index is 0.972. The van der Waals surface area contributed by atoms with Crippen LogP contribution in [-0.2, 0) is 9.90 Å². The van der Waals surface area contributed by atoms with Crippen LogP contribution in [0.5, 0.6) is 0 Å². The van der Waals surface area contributed by atoms with Crippen molar-refractivity contribution in [2.24, 2.45) is 0 Å². The third-order valence-corrected chi connectivity index (χ3v) is 1.04. The first-order valence-corrected chi connectivity index (χ1v) is 3.52. The average molecular weight is 163 g/mol. The Kier molecular flexibility index (Phi) is 5.35. The van der Waals surface area contributed by atoms with Crippen molar-refractivity contribution < 1.29 is 9.90 Å². The minimum atomic E-state index is -1.08. The van der Waals surface area contributed by atoms with Gasteiger partial charge in [0.25, 0.3) is 0 Å². The second kappa shape index (κ2) is 6.16. The fourth-order valence-electron chi connectivity index (χ4n) is 0.589. The highest BCUT2D eigenvalue weighted by molar-refractivity contribution is 5.62. The van der Waals surface area contributed by atoms with Gasteiger partial charge >= 0.3 is 5.97 Å². The quantitative estimate of drug-likeness (QED) is 0.625. The van der Waals surface area contributed by atoms with Gasteiger partial charge in [-0.2, -0.15) is 0 Å². The van der Waals surface area contributed by atoms with Crippen molar-refractivity contribution in [2.45, 2.75) is 6.92 Å². The molecule has 1 aromatic rings. The van der Waals surface area contributed by atoms with E-state index >= 15 is 0 Å². The van der Waals surface area contributed by atoms with Gasteiger partial charge in [-0.25, -0.2) is 9.90 Å². The molecular weight excluding hydrogens is 152 g/mol. The van der Waals surface area contributed by atoms with Crippen molar-refractivity contribution in [2.75, 3.05) is 0 Å². The van der Waals surface area contributed by atoms with E-state index in [2.05, 4.69) is 6.58 Å². The highest BCUT2D eigenvalue weighted by atomic mass is 16.4. The molecule has 0 atom stereocenters. The average Bonchev–Trinajstić information content (AvgIpc) is 2.05. The second-order valence-corrected chi connectivity index (χ2v) is 2.11. The summed E-state index contributed by atoms with van der Waals surface area (Å²) in [6, 6.07) is 10.0. The third kappa shape index (κ3) is 6.55. The van der Waals surface area contributed by atoms with E-state index in [0.29, 0.717) is 0 Å². The van der Waals surface area contributed by atoms with Crippen molar-refractivity contribution in [3.8, 4) is 0 Å². The van der Waals surface area contributed by atoms with Crippen LogP contribution < -0.4 is 0 Å². The van der Waals surface area contributed by atoms with Crippen LogP contribution in [0.1, 0.15) is 12.5 Å². The molecule has 0 aromatic heterocycles. The maximum Gasteiger partial charge on any atom is 0.352 e. The summed E-state index contributed by atoms with van der Waals surface area (Å²) < 4.78 is 0. The van der Waals surface area contributed by atoms with Crippen molar-refractivity contribution in [1.29, 1.82) is 0 Å². The van der Waals surface area contributed by atoms with E-state index in [-0.39, 0.29) is 0 Å². The Morgan fingerprint density at radius 3 is 2.00 bits per heavy atom. The highest BCUT2D eigenvalue weighted by Gasteiger charge is 1.75. The van der Waals surface area contributed by atoms with Gasteiger partial charge in [0.15, 0.2) is 0 Å². The Hall–Kier alpha value is -1.57. The molecule has 1 aromatic carbocycles. The predicted molar refractivity (Wildman–Crippen MR) is 47.9 cm³/mol. The number of benzene rings is 1. The molecular formula is C10H11O2. The first-order valence-electron chi connectivity index (χ1n) is 3.52. The van der Waals surface area contributed by atoms with Gasteiger partial charge in [-0.05, 0) is 5.56 Å². The lowest BCUT2D eigenvalue weighted by Gasteiger charge is -1.85. The summed E-state index contributed by atoms with van der Waals surface area (Å²) in [6.07, 6.45) is 1.83. The first-order chi connectivity index (χ1) is 5.66. The Labute approximate surface area is 72.2 Å². The summed E-state index contributed by atoms with van der Waals surface area (Å²) in [7, 11) is 0. The summed E-state index contributed by atoms with van der Waals surface area (Å²) >= 11 is 0. The number of hydrogen-bond donors (Lipinski definition) is 0. The van der Waals surface area contributed by atoms with Crippen LogP contribution in [-0.4, -0.2) is 5.97 Å². The molecule has 0 heterocycles. The Bertz CT molecular complexity index is 235. The summed E-state index contributed by atoms with van der Waals surface area (Å²) in [4.78, 5) is 8.89. The van der Waals surface area contributed by atoms with Gasteiger partial charge in [0.05, 0.1) is 0 Å². The molecule has 12 heavy (non-hydrogen) atoms. The van der Waals surface area contributed by atoms with Gasteiger partial charge in [0, 0.05) is 6.92 Å². The lowest BCUT2D eigenvalue weighted by molar-refractivity contribution is -0.140. The van der Waals surface area contributed by atoms with E-state index in [0.717, 1.165) is 6.92 Å². The summed E-state index contributed by atoms with van der Waals surface area (Å²) in [5, 5.41) is 8.89. The summed E-state index contributed by atoms with van der Waals surface area (Å²) in [5.41, 5.74) is 1.17. The van der Waals surface area contributed by atoms with Crippen LogP contribution in [0.3, 0.4) is 0 Å². The topological polar surface area (TPSA) is 37.0 Å². The molecule has 1 radical (unpaired) electrons. The van der Waals surface area contributed by atoms with E-state index in [4.69, 9.17) is 9.90 Å². The minimum Gasteiger partial charge on any atom is -0.248 e. The van der Waals surface area contributed by atoms with Gasteiger partial charge in [-0.15, -0.1) is 0 Å². The van der Waals surface area contributed by atoms with E-state index in [1.807, 2.05) is 36.4 Å². The number of carbonyl (C=O) groups excluding carboxylic acids is 1. The van der Waals surface area contributed by atoms with Crippen molar-refractivity contribution in [1.82, 2.24) is 0 Å². The van der Waals surface area contributed by atoms with E-state index in [1.165, 1.54) is 5.56 Å². The molecule has 63 valence electrons. The van der Waals surface area contributed by atoms with E-state index < -0.39 is 5.97 Å². The maximum atomic E-state index is 8.89. The normalized spacial score (nSPS) is 7.75. The van der Waals surface area contributed by atoms with Gasteiger partial charge in [0.1, 0.15) is 0 Å². The molecule has 0 unspecified atom stereocenters. The SMILES string of the molecule is C=Cc1ccccc1.CC([O])=O. The van der Waals surface area contributed by atoms with Crippen LogP contribution in [0, 0.1) is 0 Å². The van der Waals surface area contributed by atoms with Crippen molar-refractivity contribution in [3.63, 3.8) is 0 Å². The third-order valence-electron chi connectivity index (χ3n) is 1.04. The fourth-order valence-corrected chi connectivity index (χ4v) is 0.589. The van der Waals surface area contributed by atoms with Crippen LogP contribution in [0.2, 0.25) is 0 Å². The van der Waals surface area contributed by atoms with E-state index in [9.17, 15) is 0 Å². The molecule has 0 saturated carbocycles. The molecule has 1 rings (SSSR count). The van der Waals surface area contributed by atoms with Crippen LogP contribution >= 0.6 is 0 Å². The molecule has 2 heteroatoms. The predicted octanol–water partition coefficient (Wildman–Crippen LogP) is 2.29. The van der Waals surface area contributed by atoms with Crippen LogP contribution in [0.25, 0.3) is 6.08 Å². The Balaban J connectivity index is 0.000000261. The molecule has 0 saturated heterocycles. The molecule has 0 N–H and O–H groups in total. The molecule has 2 nitrogen and oxygen atoms in total. The summed E-state index contributed by atoms with van der Waals surface area (Å²) in [5.74, 6) is -1.08. The number of rotatable bonds is 1. The maximum absolute atomic E-state index is 8.89. The number of carbonyl (C=O) groups is 1. The fraction of sp³-hybridized carbons (Fsp3) is 0.100. The second-order valence-electron chi connectivity index (χ2n) is 2.11. The van der Waals surface area contributed by atoms with E-state index in [1.54, 1.807) is 0 Å². The van der Waals surface area contributed by atoms with Crippen LogP contribution in [0.15, 0.2) is 36.9 Å². The standard InChI is InChI=1S/C8H8.C2H3O2/c1-2-8-6-4-3-5-7-8;1-2(3)4/h2-7H,1H2;1H3. The van der Waals surface area contributed by atoms with Gasteiger partial charge in [-0.1, -0.05) is 43.0 Å². The zero-order chi connectivity index (χ0) is 9.40. The van der Waals surface area contributed by atoms with Crippen molar-refractivity contribution in [3.05, 3.63) is 42.5 Å². The largest absolute Gasteiger partial charge is 0.352 e. The lowest BCUT2D eigenvalue weighted by Crippen LogP contribution is -1.74. The van der Waals surface area contributed by atoms with Gasteiger partial charge in [-0.3, -0.25) is 0 Å². The van der Waals surface area contributed by atoms with Crippen LogP contribution in [0.4, 0.5) is 0 Å². The summed E-state index contributed by atoms with van der Waals surface area (Å²) in [6.45, 7) is 4.60. The van der Waals surface area contributed by atoms with Gasteiger partial charge < -0.3 is 0 Å². The molecule has 0 aliphatic heterocycles. The molecule has 0 aliphatic carbocycles. The molecule has 0 bridgehead atoms. The Morgan fingerprint density at radius 2 is 1.75 bits per heavy atom. The molecule has 0 aliphatic rings. The zero-order valence-electron chi connectivity index (χ0n) is 6.99. The first kappa shape index (κ1) is 10.4. The molecule has 0 spiro atoms. The molecule has 0 fully saturated rings. The molecule has 0 amide bonds. The monoisotopic (exact) mass is 163 g/mol. The van der Waals surface area contributed by atoms with Crippen molar-refractivity contribution >= 4 is 12.0 Å². The highest BCUT2D eigenvalue weighted by Crippen LogP contribution is 1.97. The lowest BCUT2D eigenvalue weighted by atomic mass is 10.2. The Morgan fingerprint density at radius 1 is 1.33 bits per heavy atom. The smallest absolute Gasteiger partial charge is 0.248 e. The zero-order valence-corrected chi connectivity index (χ0v) is 6.99.